The molecule has 0 saturated carbocycles. The fourth-order valence-electron chi connectivity index (χ4n) is 3.38. The lowest BCUT2D eigenvalue weighted by Crippen LogP contribution is -2.13. The monoisotopic (exact) mass is 420 g/mol. The summed E-state index contributed by atoms with van der Waals surface area (Å²) in [5, 5.41) is 20.6. The lowest BCUT2D eigenvalue weighted by Gasteiger charge is -2.17. The van der Waals surface area contributed by atoms with Gasteiger partial charge in [0, 0.05) is 13.1 Å². The van der Waals surface area contributed by atoms with Gasteiger partial charge in [-0.25, -0.2) is 8.42 Å². The summed E-state index contributed by atoms with van der Waals surface area (Å²) >= 11 is 0. The quantitative estimate of drug-likeness (QED) is 0.466. The van der Waals surface area contributed by atoms with E-state index in [9.17, 15) is 18.6 Å². The molecule has 0 aliphatic carbocycles. The van der Waals surface area contributed by atoms with Gasteiger partial charge >= 0.3 is 0 Å². The van der Waals surface area contributed by atoms with E-state index >= 15 is 0 Å². The molecule has 2 aromatic rings. The normalized spacial score (nSPS) is 11.7. The van der Waals surface area contributed by atoms with Gasteiger partial charge in [0.2, 0.25) is 9.84 Å². The van der Waals surface area contributed by atoms with E-state index in [2.05, 4.69) is 0 Å². The molecule has 0 aliphatic rings. The zero-order chi connectivity index (χ0) is 21.6. The van der Waals surface area contributed by atoms with E-state index in [4.69, 9.17) is 11.5 Å². The van der Waals surface area contributed by atoms with E-state index in [0.717, 1.165) is 25.7 Å². The Labute approximate surface area is 173 Å². The molecule has 7 heteroatoms. The highest BCUT2D eigenvalue weighted by molar-refractivity contribution is 7.91. The minimum absolute atomic E-state index is 0.0189. The number of hydrogen-bond acceptors (Lipinski definition) is 6. The van der Waals surface area contributed by atoms with Crippen molar-refractivity contribution in [1.82, 2.24) is 0 Å². The highest BCUT2D eigenvalue weighted by Gasteiger charge is 2.26. The molecule has 29 heavy (non-hydrogen) atoms. The second kappa shape index (κ2) is 10.1. The number of rotatable bonds is 10. The molecule has 2 aromatic carbocycles. The zero-order valence-corrected chi connectivity index (χ0v) is 18.1. The fourth-order valence-corrected chi connectivity index (χ4v) is 5.19. The van der Waals surface area contributed by atoms with Crippen LogP contribution in [0.25, 0.3) is 0 Å². The van der Waals surface area contributed by atoms with Gasteiger partial charge in [-0.2, -0.15) is 0 Å². The maximum atomic E-state index is 13.6. The molecule has 0 spiro atoms. The van der Waals surface area contributed by atoms with Crippen LogP contribution in [-0.4, -0.2) is 18.6 Å². The van der Waals surface area contributed by atoms with Crippen LogP contribution in [-0.2, 0) is 35.8 Å². The summed E-state index contributed by atoms with van der Waals surface area (Å²) in [4.78, 5) is 0.177. The first-order valence-electron chi connectivity index (χ1n) is 10.1. The Morgan fingerprint density at radius 2 is 1.10 bits per heavy atom. The predicted octanol–water partition coefficient (Wildman–Crippen LogP) is 3.53. The Morgan fingerprint density at radius 3 is 1.41 bits per heavy atom. The third kappa shape index (κ3) is 5.10. The van der Waals surface area contributed by atoms with E-state index in [0.29, 0.717) is 35.1 Å². The standard InChI is InChI=1S/C22H32N2O4S/c1-3-5-7-15-11-21(17(13-23)9-19(15)25)29(27,28)22-12-16(8-6-4-2)20(26)10-18(22)14-24/h9-12,25-26H,3-8,13-14,23-24H2,1-2H3. The maximum absolute atomic E-state index is 13.6. The molecule has 0 saturated heterocycles. The largest absolute Gasteiger partial charge is 0.508 e. The van der Waals surface area contributed by atoms with Gasteiger partial charge in [0.15, 0.2) is 0 Å². The molecule has 0 aromatic heterocycles. The first-order chi connectivity index (χ1) is 13.8. The second-order valence-corrected chi connectivity index (χ2v) is 9.18. The SMILES string of the molecule is CCCCc1cc(S(=O)(=O)c2cc(CCCC)c(O)cc2CN)c(CN)cc1O. The minimum Gasteiger partial charge on any atom is -0.508 e. The van der Waals surface area contributed by atoms with Crippen molar-refractivity contribution in [2.24, 2.45) is 11.5 Å². The van der Waals surface area contributed by atoms with E-state index in [1.165, 1.54) is 24.3 Å². The van der Waals surface area contributed by atoms with Crippen molar-refractivity contribution in [3.05, 3.63) is 46.5 Å². The number of sulfone groups is 1. The first-order valence-corrected chi connectivity index (χ1v) is 11.6. The Bertz CT molecular complexity index is 884. The topological polar surface area (TPSA) is 127 Å². The third-order valence-corrected chi connectivity index (χ3v) is 7.06. The smallest absolute Gasteiger partial charge is 0.207 e. The Morgan fingerprint density at radius 1 is 0.724 bits per heavy atom. The maximum Gasteiger partial charge on any atom is 0.207 e. The number of aromatic hydroxyl groups is 2. The van der Waals surface area contributed by atoms with Crippen molar-refractivity contribution >= 4 is 9.84 Å². The molecular formula is C22H32N2O4S. The zero-order valence-electron chi connectivity index (χ0n) is 17.2. The summed E-state index contributed by atoms with van der Waals surface area (Å²) in [6.07, 6.45) is 4.69. The van der Waals surface area contributed by atoms with Crippen molar-refractivity contribution in [1.29, 1.82) is 0 Å². The number of unbranched alkanes of at least 4 members (excludes halogenated alkanes) is 2. The number of nitrogens with two attached hydrogens (primary N) is 2. The van der Waals surface area contributed by atoms with Crippen LogP contribution in [0.5, 0.6) is 11.5 Å². The van der Waals surface area contributed by atoms with E-state index in [1.54, 1.807) is 0 Å². The molecule has 6 N–H and O–H groups in total. The van der Waals surface area contributed by atoms with Gasteiger partial charge in [0.05, 0.1) is 9.79 Å². The minimum atomic E-state index is -3.94. The molecule has 6 nitrogen and oxygen atoms in total. The summed E-state index contributed by atoms with van der Waals surface area (Å²) in [7, 11) is -3.94. The summed E-state index contributed by atoms with van der Waals surface area (Å²) in [6.45, 7) is 4.03. The molecule has 0 aliphatic heterocycles. The van der Waals surface area contributed by atoms with E-state index in [-0.39, 0.29) is 34.4 Å². The van der Waals surface area contributed by atoms with E-state index in [1.807, 2.05) is 13.8 Å². The molecule has 0 unspecified atom stereocenters. The molecule has 2 rings (SSSR count). The van der Waals surface area contributed by atoms with Gasteiger partial charge in [-0.15, -0.1) is 0 Å². The van der Waals surface area contributed by atoms with Crippen LogP contribution in [0, 0.1) is 0 Å². The number of phenolic OH excluding ortho intramolecular Hbond substituents is 2. The van der Waals surface area contributed by atoms with Crippen LogP contribution in [0.2, 0.25) is 0 Å². The molecule has 0 radical (unpaired) electrons. The van der Waals surface area contributed by atoms with Crippen molar-refractivity contribution < 1.29 is 18.6 Å². The average molecular weight is 421 g/mol. The second-order valence-electron chi connectivity index (χ2n) is 7.30. The van der Waals surface area contributed by atoms with Crippen LogP contribution >= 0.6 is 0 Å². The van der Waals surface area contributed by atoms with Crippen LogP contribution in [0.4, 0.5) is 0 Å². The van der Waals surface area contributed by atoms with Crippen molar-refractivity contribution in [2.75, 3.05) is 0 Å². The van der Waals surface area contributed by atoms with Crippen LogP contribution in [0.3, 0.4) is 0 Å². The van der Waals surface area contributed by atoms with Crippen LogP contribution in [0.15, 0.2) is 34.1 Å². The van der Waals surface area contributed by atoms with Crippen molar-refractivity contribution in [2.45, 2.75) is 75.3 Å². The number of benzene rings is 2. The van der Waals surface area contributed by atoms with Crippen molar-refractivity contribution in [3.63, 3.8) is 0 Å². The Balaban J connectivity index is 2.68. The number of phenols is 2. The van der Waals surface area contributed by atoms with Gasteiger partial charge in [-0.3, -0.25) is 0 Å². The molecule has 0 amide bonds. The summed E-state index contributed by atoms with van der Waals surface area (Å²) in [5.74, 6) is 0.123. The van der Waals surface area contributed by atoms with Crippen LogP contribution < -0.4 is 11.5 Å². The molecule has 0 atom stereocenters. The molecule has 0 fully saturated rings. The average Bonchev–Trinajstić information content (AvgIpc) is 2.71. The molecule has 0 heterocycles. The van der Waals surface area contributed by atoms with Gasteiger partial charge in [0.25, 0.3) is 0 Å². The lowest BCUT2D eigenvalue weighted by molar-refractivity contribution is 0.465. The molecule has 160 valence electrons. The van der Waals surface area contributed by atoms with Gasteiger partial charge < -0.3 is 21.7 Å². The number of hydrogen-bond donors (Lipinski definition) is 4. The highest BCUT2D eigenvalue weighted by atomic mass is 32.2. The first kappa shape index (κ1) is 23.2. The predicted molar refractivity (Wildman–Crippen MR) is 115 cm³/mol. The Hall–Kier alpha value is -2.09. The summed E-state index contributed by atoms with van der Waals surface area (Å²) < 4.78 is 27.2. The summed E-state index contributed by atoms with van der Waals surface area (Å²) in [6, 6.07) is 5.94. The molecule has 0 bridgehead atoms. The van der Waals surface area contributed by atoms with E-state index < -0.39 is 9.84 Å². The van der Waals surface area contributed by atoms with Gasteiger partial charge in [-0.1, -0.05) is 26.7 Å². The lowest BCUT2D eigenvalue weighted by atomic mass is 10.0. The van der Waals surface area contributed by atoms with Gasteiger partial charge in [-0.05, 0) is 72.2 Å². The summed E-state index contributed by atoms with van der Waals surface area (Å²) in [5.41, 5.74) is 13.5. The molecular weight excluding hydrogens is 388 g/mol. The highest BCUT2D eigenvalue weighted by Crippen LogP contribution is 2.35. The Kier molecular flexibility index (Phi) is 8.07. The van der Waals surface area contributed by atoms with Crippen LogP contribution in [0.1, 0.15) is 61.8 Å². The third-order valence-electron chi connectivity index (χ3n) is 5.14. The fraction of sp³-hybridized carbons (Fsp3) is 0.455. The van der Waals surface area contributed by atoms with Crippen molar-refractivity contribution in [3.8, 4) is 11.5 Å². The number of aryl methyl sites for hydroxylation is 2. The van der Waals surface area contributed by atoms with Gasteiger partial charge in [0.1, 0.15) is 11.5 Å².